The average molecular weight is 262 g/mol. The number of carbonyl (C=O) groups excluding carboxylic acids is 1. The molecule has 90 valence electrons. The van der Waals surface area contributed by atoms with Gasteiger partial charge in [-0.05, 0) is 31.5 Å². The Bertz CT molecular complexity index is 338. The molecule has 1 rings (SSSR count). The third-order valence-electron chi connectivity index (χ3n) is 2.38. The quantitative estimate of drug-likeness (QED) is 0.762. The lowest BCUT2D eigenvalue weighted by molar-refractivity contribution is 0.0773. The van der Waals surface area contributed by atoms with Gasteiger partial charge in [-0.3, -0.25) is 4.79 Å². The second kappa shape index (κ2) is 7.53. The number of hydrogen-bond donors (Lipinski definition) is 0. The molecule has 2 nitrogen and oxygen atoms in total. The van der Waals surface area contributed by atoms with Crippen LogP contribution in [0.25, 0.3) is 0 Å². The molecule has 0 N–H and O–H groups in total. The normalized spacial score (nSPS) is 9.44. The maximum absolute atomic E-state index is 12.0. The number of carbonyl (C=O) groups is 1. The number of amides is 1. The fourth-order valence-electron chi connectivity index (χ4n) is 1.48. The predicted octanol–water partition coefficient (Wildman–Crippen LogP) is 3.33. The van der Waals surface area contributed by atoms with E-state index in [4.69, 9.17) is 11.6 Å². The lowest BCUT2D eigenvalue weighted by Crippen LogP contribution is -2.30. The van der Waals surface area contributed by atoms with Crippen molar-refractivity contribution >= 4 is 29.9 Å². The van der Waals surface area contributed by atoms with Crippen molar-refractivity contribution in [1.29, 1.82) is 0 Å². The van der Waals surface area contributed by atoms with Gasteiger partial charge in [0.15, 0.2) is 0 Å². The Balaban J connectivity index is 0.00000225. The van der Waals surface area contributed by atoms with Crippen molar-refractivity contribution in [2.24, 2.45) is 0 Å². The summed E-state index contributed by atoms with van der Waals surface area (Å²) in [5, 5.41) is 0. The minimum atomic E-state index is 0. The van der Waals surface area contributed by atoms with Crippen molar-refractivity contribution in [1.82, 2.24) is 4.90 Å². The van der Waals surface area contributed by atoms with E-state index >= 15 is 0 Å². The van der Waals surface area contributed by atoms with Gasteiger partial charge in [-0.15, -0.1) is 24.0 Å². The standard InChI is InChI=1S/C12H16ClNO.ClH/c1-3-14(4-2)12(15)11-7-5-6-10(8-11)9-13;/h5-8H,3-4,9H2,1-2H3;1H. The number of halogens is 2. The highest BCUT2D eigenvalue weighted by Gasteiger charge is 2.11. The van der Waals surface area contributed by atoms with E-state index in [0.717, 1.165) is 24.2 Å². The molecule has 0 atom stereocenters. The van der Waals surface area contributed by atoms with Gasteiger partial charge < -0.3 is 4.90 Å². The summed E-state index contributed by atoms with van der Waals surface area (Å²) in [4.78, 5) is 13.8. The highest BCUT2D eigenvalue weighted by molar-refractivity contribution is 6.17. The van der Waals surface area contributed by atoms with E-state index < -0.39 is 0 Å². The number of hydrogen-bond acceptors (Lipinski definition) is 1. The Hall–Kier alpha value is -0.730. The molecule has 0 aromatic heterocycles. The molecule has 0 aliphatic rings. The zero-order chi connectivity index (χ0) is 11.3. The molecule has 1 aromatic rings. The highest BCUT2D eigenvalue weighted by atomic mass is 35.5. The molecule has 0 spiro atoms. The van der Waals surface area contributed by atoms with Crippen molar-refractivity contribution in [2.75, 3.05) is 13.1 Å². The molecular weight excluding hydrogens is 245 g/mol. The van der Waals surface area contributed by atoms with Crippen LogP contribution in [0.3, 0.4) is 0 Å². The fourth-order valence-corrected chi connectivity index (χ4v) is 1.65. The van der Waals surface area contributed by atoms with Crippen molar-refractivity contribution in [3.63, 3.8) is 0 Å². The molecule has 0 bridgehead atoms. The van der Waals surface area contributed by atoms with Crippen LogP contribution in [0.1, 0.15) is 29.8 Å². The van der Waals surface area contributed by atoms with Crippen LogP contribution in [-0.4, -0.2) is 23.9 Å². The summed E-state index contributed by atoms with van der Waals surface area (Å²) in [6.07, 6.45) is 0. The summed E-state index contributed by atoms with van der Waals surface area (Å²) >= 11 is 5.73. The van der Waals surface area contributed by atoms with Crippen LogP contribution in [0.2, 0.25) is 0 Å². The number of rotatable bonds is 4. The van der Waals surface area contributed by atoms with Crippen molar-refractivity contribution in [2.45, 2.75) is 19.7 Å². The number of benzene rings is 1. The van der Waals surface area contributed by atoms with Gasteiger partial charge in [0, 0.05) is 24.5 Å². The summed E-state index contributed by atoms with van der Waals surface area (Å²) in [5.74, 6) is 0.520. The Morgan fingerprint density at radius 1 is 1.31 bits per heavy atom. The monoisotopic (exact) mass is 261 g/mol. The molecule has 0 heterocycles. The van der Waals surface area contributed by atoms with Crippen LogP contribution in [0.4, 0.5) is 0 Å². The summed E-state index contributed by atoms with van der Waals surface area (Å²) < 4.78 is 0. The molecule has 0 radical (unpaired) electrons. The SMILES string of the molecule is CCN(CC)C(=O)c1cccc(CCl)c1.Cl. The summed E-state index contributed by atoms with van der Waals surface area (Å²) in [6, 6.07) is 7.48. The van der Waals surface area contributed by atoms with E-state index in [-0.39, 0.29) is 18.3 Å². The molecule has 1 aromatic carbocycles. The van der Waals surface area contributed by atoms with E-state index in [1.807, 2.05) is 38.1 Å². The van der Waals surface area contributed by atoms with E-state index in [2.05, 4.69) is 0 Å². The first kappa shape index (κ1) is 15.3. The van der Waals surface area contributed by atoms with Gasteiger partial charge in [0.1, 0.15) is 0 Å². The molecule has 4 heteroatoms. The van der Waals surface area contributed by atoms with E-state index in [1.165, 1.54) is 0 Å². The first-order valence-electron chi connectivity index (χ1n) is 5.17. The molecule has 0 fully saturated rings. The van der Waals surface area contributed by atoms with Crippen LogP contribution in [-0.2, 0) is 5.88 Å². The van der Waals surface area contributed by atoms with Gasteiger partial charge in [0.05, 0.1) is 0 Å². The van der Waals surface area contributed by atoms with E-state index in [9.17, 15) is 4.79 Å². The maximum atomic E-state index is 12.0. The van der Waals surface area contributed by atoms with Gasteiger partial charge in [-0.1, -0.05) is 12.1 Å². The largest absolute Gasteiger partial charge is 0.339 e. The lowest BCUT2D eigenvalue weighted by Gasteiger charge is -2.18. The summed E-state index contributed by atoms with van der Waals surface area (Å²) in [5.41, 5.74) is 1.70. The predicted molar refractivity (Wildman–Crippen MR) is 70.5 cm³/mol. The van der Waals surface area contributed by atoms with E-state index in [1.54, 1.807) is 4.90 Å². The molecule has 0 aliphatic carbocycles. The Labute approximate surface area is 108 Å². The van der Waals surface area contributed by atoms with Crippen molar-refractivity contribution < 1.29 is 4.79 Å². The highest BCUT2D eigenvalue weighted by Crippen LogP contribution is 2.10. The topological polar surface area (TPSA) is 20.3 Å². The second-order valence-electron chi connectivity index (χ2n) is 3.31. The van der Waals surface area contributed by atoms with Crippen LogP contribution in [0, 0.1) is 0 Å². The summed E-state index contributed by atoms with van der Waals surface area (Å²) in [6.45, 7) is 5.43. The number of alkyl halides is 1. The molecule has 16 heavy (non-hydrogen) atoms. The minimum absolute atomic E-state index is 0. The molecule has 0 saturated heterocycles. The Morgan fingerprint density at radius 2 is 1.94 bits per heavy atom. The zero-order valence-electron chi connectivity index (χ0n) is 9.57. The fraction of sp³-hybridized carbons (Fsp3) is 0.417. The third kappa shape index (κ3) is 3.69. The summed E-state index contributed by atoms with van der Waals surface area (Å²) in [7, 11) is 0. The third-order valence-corrected chi connectivity index (χ3v) is 2.69. The van der Waals surface area contributed by atoms with Crippen molar-refractivity contribution in [3.05, 3.63) is 35.4 Å². The first-order valence-corrected chi connectivity index (χ1v) is 5.70. The molecular formula is C12H17Cl2NO. The van der Waals surface area contributed by atoms with Crippen LogP contribution in [0.15, 0.2) is 24.3 Å². The smallest absolute Gasteiger partial charge is 0.253 e. The second-order valence-corrected chi connectivity index (χ2v) is 3.58. The van der Waals surface area contributed by atoms with Crippen LogP contribution < -0.4 is 0 Å². The van der Waals surface area contributed by atoms with Gasteiger partial charge in [0.25, 0.3) is 5.91 Å². The van der Waals surface area contributed by atoms with Crippen molar-refractivity contribution in [3.8, 4) is 0 Å². The Morgan fingerprint density at radius 3 is 2.44 bits per heavy atom. The van der Waals surface area contributed by atoms with E-state index in [0.29, 0.717) is 5.88 Å². The molecule has 1 amide bonds. The molecule has 0 aliphatic heterocycles. The average Bonchev–Trinajstić information content (AvgIpc) is 2.30. The molecule has 0 saturated carbocycles. The van der Waals surface area contributed by atoms with Crippen LogP contribution in [0.5, 0.6) is 0 Å². The van der Waals surface area contributed by atoms with Crippen LogP contribution >= 0.6 is 24.0 Å². The van der Waals surface area contributed by atoms with Gasteiger partial charge in [-0.2, -0.15) is 0 Å². The Kier molecular flexibility index (Phi) is 7.18. The zero-order valence-corrected chi connectivity index (χ0v) is 11.1. The molecule has 0 unspecified atom stereocenters. The minimum Gasteiger partial charge on any atom is -0.339 e. The number of nitrogens with zero attached hydrogens (tertiary/aromatic N) is 1. The first-order chi connectivity index (χ1) is 7.22. The van der Waals surface area contributed by atoms with Gasteiger partial charge in [0.2, 0.25) is 0 Å². The lowest BCUT2D eigenvalue weighted by atomic mass is 10.1. The van der Waals surface area contributed by atoms with Gasteiger partial charge >= 0.3 is 0 Å². The maximum Gasteiger partial charge on any atom is 0.253 e. The van der Waals surface area contributed by atoms with Gasteiger partial charge in [-0.25, -0.2) is 0 Å².